The van der Waals surface area contributed by atoms with Gasteiger partial charge in [0.05, 0.1) is 16.7 Å². The van der Waals surface area contributed by atoms with Crippen LogP contribution in [0.2, 0.25) is 5.02 Å². The first-order chi connectivity index (χ1) is 8.81. The number of aromatic amines is 1. The van der Waals surface area contributed by atoms with E-state index >= 15 is 0 Å². The fourth-order valence-corrected chi connectivity index (χ4v) is 1.52. The molecular formula is C13H10ClN3O. The molecule has 0 aliphatic carbocycles. The van der Waals surface area contributed by atoms with E-state index < -0.39 is 0 Å². The van der Waals surface area contributed by atoms with E-state index in [0.29, 0.717) is 17.0 Å². The lowest BCUT2D eigenvalue weighted by atomic mass is 10.2. The first kappa shape index (κ1) is 12.3. The van der Waals surface area contributed by atoms with Crippen LogP contribution in [0, 0.1) is 0 Å². The number of aromatic nitrogens is 3. The van der Waals surface area contributed by atoms with Crippen molar-refractivity contribution in [2.24, 2.45) is 0 Å². The Hall–Kier alpha value is -2.20. The van der Waals surface area contributed by atoms with Crippen molar-refractivity contribution in [3.63, 3.8) is 0 Å². The molecule has 0 aliphatic rings. The Kier molecular flexibility index (Phi) is 4.04. The van der Waals surface area contributed by atoms with Crippen LogP contribution in [0.25, 0.3) is 10.9 Å². The van der Waals surface area contributed by atoms with Crippen molar-refractivity contribution < 1.29 is 4.79 Å². The fourth-order valence-electron chi connectivity index (χ4n) is 1.38. The highest BCUT2D eigenvalue weighted by Gasteiger charge is 1.96. The minimum atomic E-state index is 0.326. The van der Waals surface area contributed by atoms with Gasteiger partial charge < -0.3 is 0 Å². The summed E-state index contributed by atoms with van der Waals surface area (Å²) in [6.45, 7) is 0. The number of carbonyl (C=O) groups is 1. The molecule has 1 N–H and O–H groups in total. The monoisotopic (exact) mass is 259 g/mol. The number of carbonyl (C=O) groups excluding carboxylic acids is 1. The third-order valence-corrected chi connectivity index (χ3v) is 2.55. The summed E-state index contributed by atoms with van der Waals surface area (Å²) >= 11 is 5.41. The molecule has 0 bridgehead atoms. The van der Waals surface area contributed by atoms with Gasteiger partial charge in [-0.05, 0) is 12.1 Å². The second kappa shape index (κ2) is 5.93. The lowest BCUT2D eigenvalue weighted by Gasteiger charge is -1.91. The second-order valence-electron chi connectivity index (χ2n) is 3.45. The molecule has 0 unspecified atom stereocenters. The van der Waals surface area contributed by atoms with E-state index in [0.717, 1.165) is 5.52 Å². The minimum Gasteiger partial charge on any atom is -0.296 e. The fraction of sp³-hybridized carbons (Fsp3) is 0. The van der Waals surface area contributed by atoms with Crippen LogP contribution in [0.5, 0.6) is 0 Å². The molecule has 0 amide bonds. The highest BCUT2D eigenvalue weighted by atomic mass is 35.5. The molecule has 0 fully saturated rings. The maximum atomic E-state index is 9.93. The van der Waals surface area contributed by atoms with Crippen molar-refractivity contribution in [3.05, 3.63) is 59.5 Å². The summed E-state index contributed by atoms with van der Waals surface area (Å²) in [5.41, 5.74) is 1.39. The molecule has 5 heteroatoms. The first-order valence-corrected chi connectivity index (χ1v) is 5.63. The number of halogens is 1. The van der Waals surface area contributed by atoms with Crippen LogP contribution in [-0.2, 0) is 0 Å². The zero-order valence-electron chi connectivity index (χ0n) is 9.38. The molecule has 90 valence electrons. The number of pyridine rings is 1. The molecule has 3 aromatic rings. The molecule has 18 heavy (non-hydrogen) atoms. The number of hydrogen-bond acceptors (Lipinski definition) is 3. The third kappa shape index (κ3) is 2.93. The summed E-state index contributed by atoms with van der Waals surface area (Å²) in [5, 5.41) is 7.47. The van der Waals surface area contributed by atoms with E-state index in [1.807, 2.05) is 30.5 Å². The number of hydrogen-bond donors (Lipinski definition) is 1. The topological polar surface area (TPSA) is 58.6 Å². The van der Waals surface area contributed by atoms with E-state index in [2.05, 4.69) is 27.3 Å². The van der Waals surface area contributed by atoms with Gasteiger partial charge in [-0.1, -0.05) is 35.9 Å². The van der Waals surface area contributed by atoms with Gasteiger partial charge in [0.2, 0.25) is 0 Å². The Morgan fingerprint density at radius 2 is 1.94 bits per heavy atom. The van der Waals surface area contributed by atoms with E-state index in [4.69, 9.17) is 11.6 Å². The summed E-state index contributed by atoms with van der Waals surface area (Å²) in [5.74, 6) is 0. The van der Waals surface area contributed by atoms with Gasteiger partial charge in [0.25, 0.3) is 0 Å². The molecule has 0 radical (unpaired) electrons. The number of aldehydes is 1. The molecule has 0 aliphatic heterocycles. The van der Waals surface area contributed by atoms with Crippen LogP contribution in [0.4, 0.5) is 0 Å². The molecule has 0 atom stereocenters. The van der Waals surface area contributed by atoms with E-state index in [1.54, 1.807) is 0 Å². The number of para-hydroxylation sites is 1. The number of nitrogens with zero attached hydrogens (tertiary/aromatic N) is 2. The van der Waals surface area contributed by atoms with Crippen molar-refractivity contribution in [2.75, 3.05) is 0 Å². The zero-order chi connectivity index (χ0) is 12.8. The Morgan fingerprint density at radius 1 is 1.17 bits per heavy atom. The molecule has 1 aromatic carbocycles. The highest BCUT2D eigenvalue weighted by Crippen LogP contribution is 2.08. The molecular weight excluding hydrogens is 250 g/mol. The Labute approximate surface area is 109 Å². The minimum absolute atomic E-state index is 0.326. The van der Waals surface area contributed by atoms with E-state index in [9.17, 15) is 4.79 Å². The molecule has 2 heterocycles. The number of fused-ring (bicyclic) bond motifs is 1. The van der Waals surface area contributed by atoms with Crippen LogP contribution >= 0.6 is 11.6 Å². The van der Waals surface area contributed by atoms with Gasteiger partial charge in [-0.15, -0.1) is 0 Å². The average molecular weight is 260 g/mol. The summed E-state index contributed by atoms with van der Waals surface area (Å²) in [6.07, 6.45) is 3.81. The number of nitrogens with one attached hydrogen (secondary N) is 1. The lowest BCUT2D eigenvalue weighted by molar-refractivity contribution is 0.111. The summed E-state index contributed by atoms with van der Waals surface area (Å²) in [4.78, 5) is 14.1. The van der Waals surface area contributed by atoms with Crippen molar-refractivity contribution in [1.82, 2.24) is 15.2 Å². The number of rotatable bonds is 1. The summed E-state index contributed by atoms with van der Waals surface area (Å²) < 4.78 is 0. The summed E-state index contributed by atoms with van der Waals surface area (Å²) in [7, 11) is 0. The van der Waals surface area contributed by atoms with Gasteiger partial charge in [0, 0.05) is 11.6 Å². The summed E-state index contributed by atoms with van der Waals surface area (Å²) in [6, 6.07) is 12.1. The van der Waals surface area contributed by atoms with Gasteiger partial charge in [0.1, 0.15) is 5.69 Å². The largest absolute Gasteiger partial charge is 0.296 e. The molecule has 0 spiro atoms. The van der Waals surface area contributed by atoms with Crippen LogP contribution < -0.4 is 0 Å². The predicted molar refractivity (Wildman–Crippen MR) is 70.7 cm³/mol. The van der Waals surface area contributed by atoms with Crippen LogP contribution in [0.3, 0.4) is 0 Å². The van der Waals surface area contributed by atoms with Crippen LogP contribution in [0.1, 0.15) is 10.5 Å². The van der Waals surface area contributed by atoms with Crippen LogP contribution in [-0.4, -0.2) is 21.5 Å². The van der Waals surface area contributed by atoms with Gasteiger partial charge in [-0.25, -0.2) is 0 Å². The normalized spacial score (nSPS) is 9.61. The molecule has 2 aromatic heterocycles. The standard InChI is InChI=1S/C9H7N.C4H3ClN2O/c1-2-6-9-8(4-1)5-3-7-10-9;5-3-1-6-7-4(3)2-8/h1-7H;1-2H,(H,6,7). The maximum absolute atomic E-state index is 9.93. The van der Waals surface area contributed by atoms with Crippen molar-refractivity contribution in [3.8, 4) is 0 Å². The van der Waals surface area contributed by atoms with Crippen molar-refractivity contribution >= 4 is 28.8 Å². The quantitative estimate of drug-likeness (QED) is 0.683. The van der Waals surface area contributed by atoms with Gasteiger partial charge >= 0.3 is 0 Å². The second-order valence-corrected chi connectivity index (χ2v) is 3.85. The Balaban J connectivity index is 0.000000138. The smallest absolute Gasteiger partial charge is 0.169 e. The van der Waals surface area contributed by atoms with E-state index in [-0.39, 0.29) is 0 Å². The molecule has 4 nitrogen and oxygen atoms in total. The number of H-pyrrole nitrogens is 1. The number of benzene rings is 1. The Bertz CT molecular complexity index is 586. The van der Waals surface area contributed by atoms with Gasteiger partial charge in [0.15, 0.2) is 6.29 Å². The van der Waals surface area contributed by atoms with Crippen LogP contribution in [0.15, 0.2) is 48.8 Å². The maximum Gasteiger partial charge on any atom is 0.169 e. The lowest BCUT2D eigenvalue weighted by Crippen LogP contribution is -1.77. The SMILES string of the molecule is O=Cc1[nH]ncc1Cl.c1ccc2ncccc2c1. The molecule has 0 saturated carbocycles. The zero-order valence-corrected chi connectivity index (χ0v) is 10.1. The first-order valence-electron chi connectivity index (χ1n) is 5.25. The van der Waals surface area contributed by atoms with E-state index in [1.165, 1.54) is 11.6 Å². The van der Waals surface area contributed by atoms with Gasteiger partial charge in [-0.2, -0.15) is 5.10 Å². The molecule has 3 rings (SSSR count). The van der Waals surface area contributed by atoms with Crippen molar-refractivity contribution in [1.29, 1.82) is 0 Å². The molecule has 0 saturated heterocycles. The Morgan fingerprint density at radius 3 is 2.56 bits per heavy atom. The predicted octanol–water partition coefficient (Wildman–Crippen LogP) is 3.11. The third-order valence-electron chi connectivity index (χ3n) is 2.25. The highest BCUT2D eigenvalue weighted by molar-refractivity contribution is 6.32. The van der Waals surface area contributed by atoms with Crippen molar-refractivity contribution in [2.45, 2.75) is 0 Å². The average Bonchev–Trinajstić information content (AvgIpc) is 2.85. The van der Waals surface area contributed by atoms with Gasteiger partial charge in [-0.3, -0.25) is 14.9 Å².